The summed E-state index contributed by atoms with van der Waals surface area (Å²) in [5.41, 5.74) is 6.31. The highest BCUT2D eigenvalue weighted by Crippen LogP contribution is 2.21. The molecule has 1 unspecified atom stereocenters. The van der Waals surface area contributed by atoms with E-state index in [2.05, 4.69) is 0 Å². The molecule has 0 aliphatic carbocycles. The minimum Gasteiger partial charge on any atom is -0.324 e. The molecule has 1 aromatic carbocycles. The highest BCUT2D eigenvalue weighted by atomic mass is 35.5. The van der Waals surface area contributed by atoms with Crippen molar-refractivity contribution in [3.63, 3.8) is 0 Å². The quantitative estimate of drug-likeness (QED) is 0.793. The Morgan fingerprint density at radius 1 is 1.23 bits per heavy atom. The molecule has 1 atom stereocenters. The van der Waals surface area contributed by atoms with Gasteiger partial charge in [-0.15, -0.1) is 12.4 Å². The van der Waals surface area contributed by atoms with Gasteiger partial charge in [-0.3, -0.25) is 0 Å². The van der Waals surface area contributed by atoms with E-state index in [9.17, 15) is 8.78 Å². The molecule has 0 fully saturated rings. The molecule has 0 aliphatic rings. The smallest absolute Gasteiger partial charge is 0.263 e. The van der Waals surface area contributed by atoms with Gasteiger partial charge < -0.3 is 5.73 Å². The van der Waals surface area contributed by atoms with E-state index in [1.165, 1.54) is 12.1 Å². The Hall–Kier alpha value is -0.670. The number of halogens is 3. The molecule has 13 heavy (non-hydrogen) atoms. The lowest BCUT2D eigenvalue weighted by Crippen LogP contribution is -2.05. The van der Waals surface area contributed by atoms with Crippen molar-refractivity contribution in [1.82, 2.24) is 0 Å². The minimum atomic E-state index is -2.41. The molecule has 74 valence electrons. The fraction of sp³-hybridized carbons (Fsp3) is 0.333. The van der Waals surface area contributed by atoms with Crippen LogP contribution in [0.15, 0.2) is 24.3 Å². The number of alkyl halides is 2. The Morgan fingerprint density at radius 2 is 1.77 bits per heavy atom. The second-order valence-corrected chi connectivity index (χ2v) is 2.76. The average Bonchev–Trinajstić information content (AvgIpc) is 2.04. The topological polar surface area (TPSA) is 26.0 Å². The monoisotopic (exact) mass is 207 g/mol. The van der Waals surface area contributed by atoms with Crippen LogP contribution >= 0.6 is 12.4 Å². The largest absolute Gasteiger partial charge is 0.324 e. The fourth-order valence-electron chi connectivity index (χ4n) is 0.978. The standard InChI is InChI=1S/C9H11F2N.ClH/c1-6(12)7-3-2-4-8(5-7)9(10)11;/h2-6,9H,12H2,1H3;1H. The van der Waals surface area contributed by atoms with Crippen molar-refractivity contribution in [3.8, 4) is 0 Å². The van der Waals surface area contributed by atoms with Crippen molar-refractivity contribution < 1.29 is 8.78 Å². The summed E-state index contributed by atoms with van der Waals surface area (Å²) in [4.78, 5) is 0. The van der Waals surface area contributed by atoms with Gasteiger partial charge in [-0.05, 0) is 18.6 Å². The molecule has 0 saturated heterocycles. The Labute approximate surface area is 82.4 Å². The van der Waals surface area contributed by atoms with Gasteiger partial charge in [0.05, 0.1) is 0 Å². The van der Waals surface area contributed by atoms with Gasteiger partial charge in [0.25, 0.3) is 6.43 Å². The lowest BCUT2D eigenvalue weighted by molar-refractivity contribution is 0.151. The molecule has 0 spiro atoms. The number of rotatable bonds is 2. The van der Waals surface area contributed by atoms with E-state index < -0.39 is 6.43 Å². The van der Waals surface area contributed by atoms with E-state index >= 15 is 0 Å². The first-order chi connectivity index (χ1) is 5.61. The zero-order valence-electron chi connectivity index (χ0n) is 7.21. The maximum absolute atomic E-state index is 12.2. The van der Waals surface area contributed by atoms with Gasteiger partial charge >= 0.3 is 0 Å². The second-order valence-electron chi connectivity index (χ2n) is 2.76. The van der Waals surface area contributed by atoms with Crippen molar-refractivity contribution in [2.75, 3.05) is 0 Å². The molecule has 1 rings (SSSR count). The third-order valence-corrected chi connectivity index (χ3v) is 1.69. The predicted molar refractivity (Wildman–Crippen MR) is 51.2 cm³/mol. The van der Waals surface area contributed by atoms with Crippen molar-refractivity contribution in [1.29, 1.82) is 0 Å². The highest BCUT2D eigenvalue weighted by molar-refractivity contribution is 5.85. The number of hydrogen-bond acceptors (Lipinski definition) is 1. The highest BCUT2D eigenvalue weighted by Gasteiger charge is 2.07. The third kappa shape index (κ3) is 3.28. The molecule has 4 heteroatoms. The van der Waals surface area contributed by atoms with E-state index in [-0.39, 0.29) is 24.0 Å². The molecule has 0 aromatic heterocycles. The van der Waals surface area contributed by atoms with Crippen LogP contribution in [0.3, 0.4) is 0 Å². The van der Waals surface area contributed by atoms with Gasteiger partial charge in [-0.25, -0.2) is 8.78 Å². The summed E-state index contributed by atoms with van der Waals surface area (Å²) in [6.07, 6.45) is -2.41. The Bertz CT molecular complexity index is 240. The molecule has 0 radical (unpaired) electrons. The van der Waals surface area contributed by atoms with E-state index in [0.717, 1.165) is 5.56 Å². The first-order valence-electron chi connectivity index (χ1n) is 3.75. The van der Waals surface area contributed by atoms with E-state index in [0.29, 0.717) is 0 Å². The number of benzene rings is 1. The first kappa shape index (κ1) is 12.3. The molecule has 0 heterocycles. The molecule has 1 aromatic rings. The van der Waals surface area contributed by atoms with Crippen LogP contribution in [0.5, 0.6) is 0 Å². The van der Waals surface area contributed by atoms with Crippen LogP contribution < -0.4 is 5.73 Å². The molecule has 1 nitrogen and oxygen atoms in total. The van der Waals surface area contributed by atoms with Crippen molar-refractivity contribution in [3.05, 3.63) is 35.4 Å². The molecule has 0 saturated carbocycles. The van der Waals surface area contributed by atoms with Crippen LogP contribution in [-0.4, -0.2) is 0 Å². The molecule has 2 N–H and O–H groups in total. The Balaban J connectivity index is 0.00000144. The van der Waals surface area contributed by atoms with Gasteiger partial charge in [0.1, 0.15) is 0 Å². The van der Waals surface area contributed by atoms with Gasteiger partial charge in [0, 0.05) is 11.6 Å². The normalized spacial score (nSPS) is 12.4. The van der Waals surface area contributed by atoms with E-state index in [1.807, 2.05) is 0 Å². The molecule has 0 aliphatic heterocycles. The van der Waals surface area contributed by atoms with Crippen molar-refractivity contribution in [2.24, 2.45) is 5.73 Å². The van der Waals surface area contributed by atoms with Crippen LogP contribution in [0.2, 0.25) is 0 Å². The molecular formula is C9H12ClF2N. The summed E-state index contributed by atoms with van der Waals surface area (Å²) in [6, 6.07) is 5.99. The van der Waals surface area contributed by atoms with Crippen LogP contribution in [0.1, 0.15) is 30.5 Å². The summed E-state index contributed by atoms with van der Waals surface area (Å²) in [5.74, 6) is 0. The molecular weight excluding hydrogens is 196 g/mol. The van der Waals surface area contributed by atoms with Crippen LogP contribution in [-0.2, 0) is 0 Å². The minimum absolute atomic E-state index is 0. The fourth-order valence-corrected chi connectivity index (χ4v) is 0.978. The lowest BCUT2D eigenvalue weighted by Gasteiger charge is -2.06. The van der Waals surface area contributed by atoms with Crippen LogP contribution in [0, 0.1) is 0 Å². The van der Waals surface area contributed by atoms with E-state index in [1.54, 1.807) is 19.1 Å². The van der Waals surface area contributed by atoms with E-state index in [4.69, 9.17) is 5.73 Å². The number of nitrogens with two attached hydrogens (primary N) is 1. The maximum atomic E-state index is 12.2. The Morgan fingerprint density at radius 3 is 2.23 bits per heavy atom. The average molecular weight is 208 g/mol. The Kier molecular flexibility index (Phi) is 4.88. The van der Waals surface area contributed by atoms with Crippen LogP contribution in [0.25, 0.3) is 0 Å². The van der Waals surface area contributed by atoms with Gasteiger partial charge in [-0.1, -0.05) is 18.2 Å². The summed E-state index contributed by atoms with van der Waals surface area (Å²) < 4.78 is 24.3. The number of hydrogen-bond donors (Lipinski definition) is 1. The van der Waals surface area contributed by atoms with Crippen molar-refractivity contribution in [2.45, 2.75) is 19.4 Å². The SMILES string of the molecule is CC(N)c1cccc(C(F)F)c1.Cl. The summed E-state index contributed by atoms with van der Waals surface area (Å²) >= 11 is 0. The van der Waals surface area contributed by atoms with Gasteiger partial charge in [0.15, 0.2) is 0 Å². The zero-order chi connectivity index (χ0) is 9.14. The second kappa shape index (κ2) is 5.14. The maximum Gasteiger partial charge on any atom is 0.263 e. The zero-order valence-corrected chi connectivity index (χ0v) is 8.02. The molecule has 0 amide bonds. The summed E-state index contributed by atoms with van der Waals surface area (Å²) in [6.45, 7) is 1.77. The third-order valence-electron chi connectivity index (χ3n) is 1.69. The van der Waals surface area contributed by atoms with Gasteiger partial charge in [-0.2, -0.15) is 0 Å². The molecule has 0 bridgehead atoms. The first-order valence-corrected chi connectivity index (χ1v) is 3.75. The predicted octanol–water partition coefficient (Wildman–Crippen LogP) is 3.07. The lowest BCUT2D eigenvalue weighted by atomic mass is 10.1. The van der Waals surface area contributed by atoms with Crippen molar-refractivity contribution >= 4 is 12.4 Å². The summed E-state index contributed by atoms with van der Waals surface area (Å²) in [5, 5.41) is 0. The van der Waals surface area contributed by atoms with Crippen LogP contribution in [0.4, 0.5) is 8.78 Å². The van der Waals surface area contributed by atoms with Gasteiger partial charge in [0.2, 0.25) is 0 Å². The summed E-state index contributed by atoms with van der Waals surface area (Å²) in [7, 11) is 0.